The number of rotatable bonds is 3. The summed E-state index contributed by atoms with van der Waals surface area (Å²) in [5.41, 5.74) is 0.845. The van der Waals surface area contributed by atoms with Crippen LogP contribution in [0.4, 0.5) is 0 Å². The van der Waals surface area contributed by atoms with Gasteiger partial charge in [-0.3, -0.25) is 4.79 Å². The number of piperidine rings is 1. The molecule has 1 saturated carbocycles. The van der Waals surface area contributed by atoms with Crippen LogP contribution >= 0.6 is 11.6 Å². The van der Waals surface area contributed by atoms with Gasteiger partial charge in [0, 0.05) is 22.7 Å². The number of hydrogen-bond donors (Lipinski definition) is 2. The highest BCUT2D eigenvalue weighted by atomic mass is 35.5. The Hall–Kier alpha value is -1.85. The predicted molar refractivity (Wildman–Crippen MR) is 82.7 cm³/mol. The Labute approximate surface area is 133 Å². The Kier molecular flexibility index (Phi) is 3.39. The summed E-state index contributed by atoms with van der Waals surface area (Å²) in [5.74, 6) is 1.10. The lowest BCUT2D eigenvalue weighted by Crippen LogP contribution is -2.48. The Balaban J connectivity index is 1.46. The van der Waals surface area contributed by atoms with E-state index in [0.717, 1.165) is 24.9 Å². The third-order valence-corrected chi connectivity index (χ3v) is 4.73. The fourth-order valence-corrected chi connectivity index (χ4v) is 3.50. The topological polar surface area (TPSA) is 67.2 Å². The standard InChI is InChI=1S/C16H16ClN3O2/c17-11-3-1-10(2-4-11)14-8-19-16(22-14)15(21)20-13-6-9-5-12(13)18-7-9/h1-4,8-9,12-13,18H,5-7H2,(H,20,21). The van der Waals surface area contributed by atoms with Crippen molar-refractivity contribution in [1.29, 1.82) is 0 Å². The van der Waals surface area contributed by atoms with Gasteiger partial charge in [0.1, 0.15) is 0 Å². The zero-order valence-electron chi connectivity index (χ0n) is 11.9. The van der Waals surface area contributed by atoms with Gasteiger partial charge < -0.3 is 15.1 Å². The van der Waals surface area contributed by atoms with E-state index in [-0.39, 0.29) is 17.8 Å². The summed E-state index contributed by atoms with van der Waals surface area (Å²) in [7, 11) is 0. The second-order valence-corrected chi connectivity index (χ2v) is 6.41. The van der Waals surface area contributed by atoms with Gasteiger partial charge in [-0.1, -0.05) is 11.6 Å². The molecule has 3 unspecified atom stereocenters. The molecule has 6 heteroatoms. The molecule has 5 nitrogen and oxygen atoms in total. The normalized spacial score (nSPS) is 26.3. The van der Waals surface area contributed by atoms with Gasteiger partial charge in [0.2, 0.25) is 0 Å². The largest absolute Gasteiger partial charge is 0.432 e. The van der Waals surface area contributed by atoms with Gasteiger partial charge in [-0.25, -0.2) is 4.98 Å². The third-order valence-electron chi connectivity index (χ3n) is 4.47. The van der Waals surface area contributed by atoms with Crippen LogP contribution in [-0.4, -0.2) is 29.5 Å². The Morgan fingerprint density at radius 2 is 2.14 bits per heavy atom. The van der Waals surface area contributed by atoms with Crippen LogP contribution in [-0.2, 0) is 0 Å². The number of carbonyl (C=O) groups is 1. The quantitative estimate of drug-likeness (QED) is 0.912. The smallest absolute Gasteiger partial charge is 0.307 e. The van der Waals surface area contributed by atoms with Gasteiger partial charge in [0.15, 0.2) is 5.76 Å². The first-order valence-corrected chi connectivity index (χ1v) is 7.83. The molecular formula is C16H16ClN3O2. The van der Waals surface area contributed by atoms with Crippen molar-refractivity contribution in [3.63, 3.8) is 0 Å². The minimum absolute atomic E-state index is 0.104. The van der Waals surface area contributed by atoms with Crippen LogP contribution in [0.25, 0.3) is 11.3 Å². The number of carbonyl (C=O) groups excluding carboxylic acids is 1. The zero-order chi connectivity index (χ0) is 15.1. The minimum Gasteiger partial charge on any atom is -0.432 e. The van der Waals surface area contributed by atoms with Crippen molar-refractivity contribution in [1.82, 2.24) is 15.6 Å². The minimum atomic E-state index is -0.250. The van der Waals surface area contributed by atoms with Gasteiger partial charge in [0.05, 0.1) is 6.20 Å². The van der Waals surface area contributed by atoms with Gasteiger partial charge >= 0.3 is 5.91 Å². The van der Waals surface area contributed by atoms with E-state index in [4.69, 9.17) is 16.0 Å². The monoisotopic (exact) mass is 317 g/mol. The van der Waals surface area contributed by atoms with E-state index in [1.54, 1.807) is 18.3 Å². The lowest BCUT2D eigenvalue weighted by Gasteiger charge is -2.23. The Bertz CT molecular complexity index is 698. The second kappa shape index (κ2) is 5.41. The molecule has 1 saturated heterocycles. The van der Waals surface area contributed by atoms with Crippen LogP contribution in [0.2, 0.25) is 5.02 Å². The average Bonchev–Trinajstić information content (AvgIpc) is 3.24. The van der Waals surface area contributed by atoms with E-state index >= 15 is 0 Å². The average molecular weight is 318 g/mol. The van der Waals surface area contributed by atoms with Crippen molar-refractivity contribution in [3.05, 3.63) is 41.4 Å². The first-order chi connectivity index (χ1) is 10.7. The fourth-order valence-electron chi connectivity index (χ4n) is 3.37. The molecular weight excluding hydrogens is 302 g/mol. The second-order valence-electron chi connectivity index (χ2n) is 5.97. The first kappa shape index (κ1) is 13.8. The number of nitrogens with one attached hydrogen (secondary N) is 2. The maximum absolute atomic E-state index is 12.3. The molecule has 2 N–H and O–H groups in total. The van der Waals surface area contributed by atoms with E-state index in [1.807, 2.05) is 12.1 Å². The predicted octanol–water partition coefficient (Wildman–Crippen LogP) is 2.48. The maximum atomic E-state index is 12.3. The lowest BCUT2D eigenvalue weighted by atomic mass is 10.1. The van der Waals surface area contributed by atoms with E-state index in [2.05, 4.69) is 15.6 Å². The summed E-state index contributed by atoms with van der Waals surface area (Å²) in [5, 5.41) is 7.10. The van der Waals surface area contributed by atoms with Crippen molar-refractivity contribution in [2.75, 3.05) is 6.54 Å². The number of fused-ring (bicyclic) bond motifs is 2. The van der Waals surface area contributed by atoms with Crippen LogP contribution in [0.15, 0.2) is 34.9 Å². The molecule has 2 aromatic rings. The Morgan fingerprint density at radius 3 is 2.82 bits per heavy atom. The van der Waals surface area contributed by atoms with Crippen molar-refractivity contribution >= 4 is 17.5 Å². The molecule has 114 valence electrons. The maximum Gasteiger partial charge on any atom is 0.307 e. The van der Waals surface area contributed by atoms with Gasteiger partial charge in [-0.2, -0.15) is 0 Å². The van der Waals surface area contributed by atoms with Crippen LogP contribution in [0.1, 0.15) is 23.5 Å². The molecule has 3 atom stereocenters. The van der Waals surface area contributed by atoms with Crippen LogP contribution in [0.3, 0.4) is 0 Å². The summed E-state index contributed by atoms with van der Waals surface area (Å²) in [6, 6.07) is 7.80. The Morgan fingerprint density at radius 1 is 1.32 bits per heavy atom. The molecule has 1 amide bonds. The SMILES string of the molecule is O=C(NC1CC2CNC1C2)c1ncc(-c2ccc(Cl)cc2)o1. The molecule has 0 radical (unpaired) electrons. The van der Waals surface area contributed by atoms with Crippen molar-refractivity contribution in [3.8, 4) is 11.3 Å². The van der Waals surface area contributed by atoms with E-state index in [1.165, 1.54) is 0 Å². The van der Waals surface area contributed by atoms with E-state index in [0.29, 0.717) is 22.7 Å². The fraction of sp³-hybridized carbons (Fsp3) is 0.375. The summed E-state index contributed by atoms with van der Waals surface area (Å²) < 4.78 is 5.58. The molecule has 22 heavy (non-hydrogen) atoms. The molecule has 4 rings (SSSR count). The highest BCUT2D eigenvalue weighted by molar-refractivity contribution is 6.30. The molecule has 2 bridgehead atoms. The molecule has 1 aromatic carbocycles. The van der Waals surface area contributed by atoms with Crippen LogP contribution in [0.5, 0.6) is 0 Å². The number of hydrogen-bond acceptors (Lipinski definition) is 4. The molecule has 2 heterocycles. The van der Waals surface area contributed by atoms with Crippen LogP contribution in [0, 0.1) is 5.92 Å². The molecule has 1 aromatic heterocycles. The van der Waals surface area contributed by atoms with Crippen molar-refractivity contribution in [2.24, 2.45) is 5.92 Å². The highest BCUT2D eigenvalue weighted by Crippen LogP contribution is 2.31. The van der Waals surface area contributed by atoms with Crippen molar-refractivity contribution < 1.29 is 9.21 Å². The van der Waals surface area contributed by atoms with Gasteiger partial charge in [-0.05, 0) is 49.6 Å². The van der Waals surface area contributed by atoms with Gasteiger partial charge in [0.25, 0.3) is 5.89 Å². The molecule has 1 aliphatic heterocycles. The molecule has 1 aliphatic carbocycles. The number of halogens is 1. The highest BCUT2D eigenvalue weighted by Gasteiger charge is 2.40. The first-order valence-electron chi connectivity index (χ1n) is 7.45. The van der Waals surface area contributed by atoms with E-state index in [9.17, 15) is 4.79 Å². The number of aromatic nitrogens is 1. The van der Waals surface area contributed by atoms with Crippen molar-refractivity contribution in [2.45, 2.75) is 24.9 Å². The van der Waals surface area contributed by atoms with E-state index < -0.39 is 0 Å². The molecule has 2 fully saturated rings. The summed E-state index contributed by atoms with van der Waals surface area (Å²) in [6.07, 6.45) is 3.75. The third kappa shape index (κ3) is 2.51. The number of benzene rings is 1. The summed E-state index contributed by atoms with van der Waals surface area (Å²) in [4.78, 5) is 16.3. The number of nitrogens with zero attached hydrogens (tertiary/aromatic N) is 1. The number of oxazole rings is 1. The zero-order valence-corrected chi connectivity index (χ0v) is 12.6. The molecule has 0 spiro atoms. The summed E-state index contributed by atoms with van der Waals surface area (Å²) >= 11 is 5.86. The van der Waals surface area contributed by atoms with Gasteiger partial charge in [-0.15, -0.1) is 0 Å². The number of amides is 1. The molecule has 2 aliphatic rings. The van der Waals surface area contributed by atoms with Crippen LogP contribution < -0.4 is 10.6 Å². The summed E-state index contributed by atoms with van der Waals surface area (Å²) in [6.45, 7) is 1.07. The lowest BCUT2D eigenvalue weighted by molar-refractivity contribution is 0.0894.